The molecule has 3 rings (SSSR count). The summed E-state index contributed by atoms with van der Waals surface area (Å²) >= 11 is 0. The minimum absolute atomic E-state index is 0.00815. The lowest BCUT2D eigenvalue weighted by molar-refractivity contribution is -0.0764. The largest absolute Gasteiger partial charge is 0.372 e. The lowest BCUT2D eigenvalue weighted by Gasteiger charge is -2.38. The summed E-state index contributed by atoms with van der Waals surface area (Å²) in [6, 6.07) is 7.12. The predicted octanol–water partition coefficient (Wildman–Crippen LogP) is 1.47. The van der Waals surface area contributed by atoms with Crippen molar-refractivity contribution in [3.05, 3.63) is 29.8 Å². The van der Waals surface area contributed by atoms with Crippen molar-refractivity contribution in [3.63, 3.8) is 0 Å². The standard InChI is InChI=1S/C16H21N3O3/c1-16(2)11-18(9-10-22-16)14(20)12-3-5-13(6-4-12)19-8-7-17-15(19)21/h3-6H,7-11H2,1-2H3,(H,17,21). The molecular weight excluding hydrogens is 282 g/mol. The van der Waals surface area contributed by atoms with Crippen molar-refractivity contribution in [3.8, 4) is 0 Å². The predicted molar refractivity (Wildman–Crippen MR) is 83.1 cm³/mol. The number of nitrogens with zero attached hydrogens (tertiary/aromatic N) is 2. The molecule has 0 unspecified atom stereocenters. The van der Waals surface area contributed by atoms with E-state index in [0.717, 1.165) is 5.69 Å². The number of rotatable bonds is 2. The fourth-order valence-electron chi connectivity index (χ4n) is 2.87. The summed E-state index contributed by atoms with van der Waals surface area (Å²) in [5.74, 6) is 0.00815. The van der Waals surface area contributed by atoms with Crippen molar-refractivity contribution in [2.24, 2.45) is 0 Å². The maximum Gasteiger partial charge on any atom is 0.321 e. The normalized spacial score (nSPS) is 20.9. The van der Waals surface area contributed by atoms with Gasteiger partial charge in [-0.15, -0.1) is 0 Å². The third-order valence-electron chi connectivity index (χ3n) is 4.00. The Hall–Kier alpha value is -2.08. The quantitative estimate of drug-likeness (QED) is 0.900. The molecule has 0 saturated carbocycles. The average Bonchev–Trinajstić information content (AvgIpc) is 2.92. The average molecular weight is 303 g/mol. The van der Waals surface area contributed by atoms with E-state index in [1.54, 1.807) is 17.0 Å². The molecule has 6 heteroatoms. The summed E-state index contributed by atoms with van der Waals surface area (Å²) in [7, 11) is 0. The number of urea groups is 1. The molecule has 0 bridgehead atoms. The third-order valence-corrected chi connectivity index (χ3v) is 4.00. The molecule has 118 valence electrons. The highest BCUT2D eigenvalue weighted by molar-refractivity contribution is 5.97. The molecule has 1 N–H and O–H groups in total. The molecule has 22 heavy (non-hydrogen) atoms. The van der Waals surface area contributed by atoms with Gasteiger partial charge in [0, 0.05) is 37.4 Å². The van der Waals surface area contributed by atoms with Gasteiger partial charge >= 0.3 is 6.03 Å². The van der Waals surface area contributed by atoms with Crippen LogP contribution in [0.1, 0.15) is 24.2 Å². The maximum absolute atomic E-state index is 12.6. The first-order valence-corrected chi connectivity index (χ1v) is 7.55. The molecule has 2 aliphatic rings. The first kappa shape index (κ1) is 14.8. The van der Waals surface area contributed by atoms with Crippen molar-refractivity contribution in [1.29, 1.82) is 0 Å². The Morgan fingerprint density at radius 1 is 1.23 bits per heavy atom. The van der Waals surface area contributed by atoms with E-state index in [9.17, 15) is 9.59 Å². The van der Waals surface area contributed by atoms with Crippen molar-refractivity contribution in [1.82, 2.24) is 10.2 Å². The smallest absolute Gasteiger partial charge is 0.321 e. The zero-order chi connectivity index (χ0) is 15.7. The summed E-state index contributed by atoms with van der Waals surface area (Å²) in [4.78, 5) is 27.7. The summed E-state index contributed by atoms with van der Waals surface area (Å²) in [6.07, 6.45) is 0. The highest BCUT2D eigenvalue weighted by atomic mass is 16.5. The molecule has 6 nitrogen and oxygen atoms in total. The second-order valence-electron chi connectivity index (χ2n) is 6.27. The Kier molecular flexibility index (Phi) is 3.78. The number of carbonyl (C=O) groups is 2. The number of carbonyl (C=O) groups excluding carboxylic acids is 2. The van der Waals surface area contributed by atoms with E-state index in [1.807, 2.05) is 30.9 Å². The van der Waals surface area contributed by atoms with E-state index < -0.39 is 0 Å². The SMILES string of the molecule is CC1(C)CN(C(=O)c2ccc(N3CCNC3=O)cc2)CCO1. The van der Waals surface area contributed by atoms with Crippen LogP contribution in [0.5, 0.6) is 0 Å². The van der Waals surface area contributed by atoms with Crippen LogP contribution in [0.3, 0.4) is 0 Å². The molecule has 2 saturated heterocycles. The highest BCUT2D eigenvalue weighted by Crippen LogP contribution is 2.21. The van der Waals surface area contributed by atoms with Gasteiger partial charge in [0.15, 0.2) is 0 Å². The van der Waals surface area contributed by atoms with Gasteiger partial charge in [0.05, 0.1) is 12.2 Å². The lowest BCUT2D eigenvalue weighted by Crippen LogP contribution is -2.50. The number of hydrogen-bond donors (Lipinski definition) is 1. The number of ether oxygens (including phenoxy) is 1. The third kappa shape index (κ3) is 2.92. The monoisotopic (exact) mass is 303 g/mol. The van der Waals surface area contributed by atoms with Gasteiger partial charge in [-0.3, -0.25) is 9.69 Å². The topological polar surface area (TPSA) is 61.9 Å². The lowest BCUT2D eigenvalue weighted by atomic mass is 10.1. The van der Waals surface area contributed by atoms with Gasteiger partial charge in [-0.25, -0.2) is 4.79 Å². The van der Waals surface area contributed by atoms with E-state index >= 15 is 0 Å². The molecule has 0 atom stereocenters. The van der Waals surface area contributed by atoms with Gasteiger partial charge in [0.25, 0.3) is 5.91 Å². The van der Waals surface area contributed by atoms with Crippen LogP contribution in [0.25, 0.3) is 0 Å². The molecule has 0 radical (unpaired) electrons. The van der Waals surface area contributed by atoms with Gasteiger partial charge in [-0.2, -0.15) is 0 Å². The second-order valence-corrected chi connectivity index (χ2v) is 6.27. The van der Waals surface area contributed by atoms with Gasteiger partial charge in [0.2, 0.25) is 0 Å². The number of hydrogen-bond acceptors (Lipinski definition) is 3. The van der Waals surface area contributed by atoms with Crippen molar-refractivity contribution < 1.29 is 14.3 Å². The zero-order valence-electron chi connectivity index (χ0n) is 13.0. The fraction of sp³-hybridized carbons (Fsp3) is 0.500. The van der Waals surface area contributed by atoms with Crippen LogP contribution in [0, 0.1) is 0 Å². The number of morpholine rings is 1. The van der Waals surface area contributed by atoms with Gasteiger partial charge in [-0.05, 0) is 38.1 Å². The molecule has 1 aromatic carbocycles. The van der Waals surface area contributed by atoms with Crippen LogP contribution in [0.2, 0.25) is 0 Å². The van der Waals surface area contributed by atoms with E-state index in [0.29, 0.717) is 38.3 Å². The van der Waals surface area contributed by atoms with E-state index in [-0.39, 0.29) is 17.5 Å². The second kappa shape index (κ2) is 5.61. The van der Waals surface area contributed by atoms with Crippen LogP contribution in [-0.4, -0.2) is 55.2 Å². The van der Waals surface area contributed by atoms with Crippen molar-refractivity contribution in [2.45, 2.75) is 19.4 Å². The maximum atomic E-state index is 12.6. The number of nitrogens with one attached hydrogen (secondary N) is 1. The van der Waals surface area contributed by atoms with Gasteiger partial charge < -0.3 is 15.0 Å². The minimum Gasteiger partial charge on any atom is -0.372 e. The molecule has 1 aromatic rings. The highest BCUT2D eigenvalue weighted by Gasteiger charge is 2.30. The Morgan fingerprint density at radius 2 is 1.95 bits per heavy atom. The van der Waals surface area contributed by atoms with E-state index in [1.165, 1.54) is 0 Å². The number of anilines is 1. The van der Waals surface area contributed by atoms with Crippen molar-refractivity contribution in [2.75, 3.05) is 37.7 Å². The Morgan fingerprint density at radius 3 is 2.55 bits per heavy atom. The molecule has 2 fully saturated rings. The van der Waals surface area contributed by atoms with Crippen LogP contribution >= 0.6 is 0 Å². The summed E-state index contributed by atoms with van der Waals surface area (Å²) < 4.78 is 5.64. The summed E-state index contributed by atoms with van der Waals surface area (Å²) in [5.41, 5.74) is 1.15. The minimum atomic E-state index is -0.304. The number of benzene rings is 1. The first-order valence-electron chi connectivity index (χ1n) is 7.55. The Balaban J connectivity index is 1.72. The van der Waals surface area contributed by atoms with Crippen LogP contribution in [0.4, 0.5) is 10.5 Å². The first-order chi connectivity index (χ1) is 10.5. The zero-order valence-corrected chi connectivity index (χ0v) is 13.0. The van der Waals surface area contributed by atoms with Crippen molar-refractivity contribution >= 4 is 17.6 Å². The molecule has 0 aromatic heterocycles. The van der Waals surface area contributed by atoms with Gasteiger partial charge in [0.1, 0.15) is 0 Å². The van der Waals surface area contributed by atoms with Crippen LogP contribution < -0.4 is 10.2 Å². The number of amides is 3. The summed E-state index contributed by atoms with van der Waals surface area (Å²) in [6.45, 7) is 7.04. The fourth-order valence-corrected chi connectivity index (χ4v) is 2.87. The van der Waals surface area contributed by atoms with E-state index in [2.05, 4.69) is 5.32 Å². The van der Waals surface area contributed by atoms with Gasteiger partial charge in [-0.1, -0.05) is 0 Å². The van der Waals surface area contributed by atoms with Crippen LogP contribution in [0.15, 0.2) is 24.3 Å². The molecule has 2 aliphatic heterocycles. The molecule has 2 heterocycles. The molecule has 0 spiro atoms. The van der Waals surface area contributed by atoms with Crippen LogP contribution in [-0.2, 0) is 4.74 Å². The molecule has 0 aliphatic carbocycles. The summed E-state index contributed by atoms with van der Waals surface area (Å²) in [5, 5.41) is 2.76. The Labute approximate surface area is 130 Å². The van der Waals surface area contributed by atoms with E-state index in [4.69, 9.17) is 4.74 Å². The molecule has 3 amide bonds. The molecular formula is C16H21N3O3. The Bertz CT molecular complexity index is 583.